The summed E-state index contributed by atoms with van der Waals surface area (Å²) in [6, 6.07) is 0. The van der Waals surface area contributed by atoms with Gasteiger partial charge in [-0.05, 0) is 7.05 Å². The topological polar surface area (TPSA) is 98.5 Å². The van der Waals surface area contributed by atoms with Gasteiger partial charge in [-0.1, -0.05) is 0 Å². The van der Waals surface area contributed by atoms with Crippen molar-refractivity contribution in [2.45, 2.75) is 0 Å². The third kappa shape index (κ3) is 8.28. The summed E-state index contributed by atoms with van der Waals surface area (Å²) in [5, 5.41) is 2.59. The van der Waals surface area contributed by atoms with Crippen LogP contribution in [-0.2, 0) is 14.3 Å². The average Bonchev–Trinajstić information content (AvgIpc) is 1.81. The summed E-state index contributed by atoms with van der Waals surface area (Å²) in [5.41, 5.74) is 4.49. The fraction of sp³-hybridized carbons (Fsp3) is 0.750. The number of nitrogens with two attached hydrogens (primary N) is 1. The molecule has 0 aliphatic heterocycles. The van der Waals surface area contributed by atoms with E-state index >= 15 is 0 Å². The van der Waals surface area contributed by atoms with Gasteiger partial charge in [0.1, 0.15) is 0 Å². The number of hydrogen-bond acceptors (Lipinski definition) is 5. The molecule has 0 spiro atoms. The van der Waals surface area contributed by atoms with Gasteiger partial charge in [0.05, 0.1) is 5.75 Å². The largest absolute Gasteiger partial charge is 1.00 e. The number of primary amides is 1. The molecule has 0 rings (SSSR count). The summed E-state index contributed by atoms with van der Waals surface area (Å²) >= 11 is 0. The van der Waals surface area contributed by atoms with Crippen LogP contribution in [0.15, 0.2) is 0 Å². The van der Waals surface area contributed by atoms with Crippen molar-refractivity contribution in [1.82, 2.24) is 5.32 Å². The Morgan fingerprint density at radius 2 is 2.17 bits per heavy atom. The SMILES string of the molecule is CNCCS(=O)(=O)OC(N)=O.[H-].[Na+]. The van der Waals surface area contributed by atoms with Crippen LogP contribution in [0.5, 0.6) is 0 Å². The Balaban J connectivity index is -0.000000500. The molecule has 0 saturated carbocycles. The molecule has 0 aliphatic rings. The first-order valence-electron chi connectivity index (χ1n) is 2.84. The molecule has 0 aromatic carbocycles. The van der Waals surface area contributed by atoms with E-state index in [9.17, 15) is 13.2 Å². The van der Waals surface area contributed by atoms with Gasteiger partial charge in [0.25, 0.3) is 0 Å². The normalized spacial score (nSPS) is 10.1. The summed E-state index contributed by atoms with van der Waals surface area (Å²) in [6.07, 6.45) is -1.30. The molecule has 0 aromatic heterocycles. The molecule has 8 heteroatoms. The van der Waals surface area contributed by atoms with Crippen LogP contribution in [0.2, 0.25) is 0 Å². The first-order chi connectivity index (χ1) is 4.98. The van der Waals surface area contributed by atoms with E-state index in [2.05, 4.69) is 15.2 Å². The van der Waals surface area contributed by atoms with Crippen molar-refractivity contribution >= 4 is 16.2 Å². The molecule has 68 valence electrons. The zero-order valence-electron chi connectivity index (χ0n) is 8.03. The van der Waals surface area contributed by atoms with E-state index in [0.29, 0.717) is 0 Å². The molecule has 0 aromatic rings. The van der Waals surface area contributed by atoms with Crippen LogP contribution < -0.4 is 40.6 Å². The van der Waals surface area contributed by atoms with E-state index < -0.39 is 16.2 Å². The zero-order valence-corrected chi connectivity index (χ0v) is 9.85. The van der Waals surface area contributed by atoms with Crippen LogP contribution in [0, 0.1) is 0 Å². The van der Waals surface area contributed by atoms with E-state index in [1.54, 1.807) is 7.05 Å². The summed E-state index contributed by atoms with van der Waals surface area (Å²) < 4.78 is 25.1. The fourth-order valence-corrected chi connectivity index (χ4v) is 1.18. The number of nitrogens with one attached hydrogen (secondary N) is 1. The van der Waals surface area contributed by atoms with E-state index in [1.165, 1.54) is 0 Å². The zero-order chi connectivity index (χ0) is 8.91. The molecule has 0 unspecified atom stereocenters. The molecule has 0 fully saturated rings. The number of carbonyl (C=O) groups is 1. The van der Waals surface area contributed by atoms with Crippen molar-refractivity contribution in [3.8, 4) is 0 Å². The van der Waals surface area contributed by atoms with Crippen molar-refractivity contribution < 1.29 is 48.4 Å². The number of rotatable bonds is 4. The minimum absolute atomic E-state index is 0. The van der Waals surface area contributed by atoms with E-state index in [4.69, 9.17) is 0 Å². The molecular formula is C4H11N2NaO4S. The Morgan fingerprint density at radius 1 is 1.67 bits per heavy atom. The molecule has 0 saturated heterocycles. The standard InChI is InChI=1S/C4H10N2O4S.Na.H/c1-6-2-3-11(8,9)10-4(5)7;;/h6H,2-3H2,1H3,(H2,5,7);;/q;+1;-1. The maximum Gasteiger partial charge on any atom is 1.00 e. The van der Waals surface area contributed by atoms with Gasteiger partial charge in [-0.25, -0.2) is 4.79 Å². The van der Waals surface area contributed by atoms with Gasteiger partial charge >= 0.3 is 45.8 Å². The molecule has 0 heterocycles. The second-order valence-corrected chi connectivity index (χ2v) is 3.46. The van der Waals surface area contributed by atoms with Crippen LogP contribution >= 0.6 is 0 Å². The van der Waals surface area contributed by atoms with Gasteiger partial charge < -0.3 is 16.7 Å². The Kier molecular flexibility index (Phi) is 8.17. The fourth-order valence-electron chi connectivity index (χ4n) is 0.394. The first-order valence-corrected chi connectivity index (χ1v) is 4.42. The molecule has 12 heavy (non-hydrogen) atoms. The molecule has 0 bridgehead atoms. The third-order valence-electron chi connectivity index (χ3n) is 0.811. The molecule has 0 aliphatic carbocycles. The average molecular weight is 206 g/mol. The Morgan fingerprint density at radius 3 is 2.50 bits per heavy atom. The quantitative estimate of drug-likeness (QED) is 0.358. The Labute approximate surface area is 94.7 Å². The summed E-state index contributed by atoms with van der Waals surface area (Å²) in [7, 11) is -2.20. The Bertz CT molecular complexity index is 232. The van der Waals surface area contributed by atoms with Crippen molar-refractivity contribution in [3.63, 3.8) is 0 Å². The smallest absolute Gasteiger partial charge is 1.00 e. The molecular weight excluding hydrogens is 195 g/mol. The van der Waals surface area contributed by atoms with Crippen LogP contribution in [0.3, 0.4) is 0 Å². The van der Waals surface area contributed by atoms with Crippen LogP contribution in [-0.4, -0.2) is 33.9 Å². The second kappa shape index (κ2) is 6.67. The van der Waals surface area contributed by atoms with Gasteiger partial charge in [0.2, 0.25) is 0 Å². The molecule has 6 nitrogen and oxygen atoms in total. The van der Waals surface area contributed by atoms with Gasteiger partial charge in [0, 0.05) is 6.54 Å². The van der Waals surface area contributed by atoms with Crippen LogP contribution in [0.25, 0.3) is 0 Å². The summed E-state index contributed by atoms with van der Waals surface area (Å²) in [5.74, 6) is -0.271. The first kappa shape index (κ1) is 14.7. The maximum absolute atomic E-state index is 10.6. The van der Waals surface area contributed by atoms with E-state index in [-0.39, 0.29) is 43.3 Å². The maximum atomic E-state index is 10.6. The molecule has 3 N–H and O–H groups in total. The van der Waals surface area contributed by atoms with Crippen molar-refractivity contribution in [2.24, 2.45) is 5.73 Å². The minimum atomic E-state index is -3.78. The third-order valence-corrected chi connectivity index (χ3v) is 1.93. The van der Waals surface area contributed by atoms with Crippen molar-refractivity contribution in [2.75, 3.05) is 19.3 Å². The predicted octanol–water partition coefficient (Wildman–Crippen LogP) is -4.25. The van der Waals surface area contributed by atoms with Crippen LogP contribution in [0.1, 0.15) is 1.43 Å². The van der Waals surface area contributed by atoms with Crippen LogP contribution in [0.4, 0.5) is 4.79 Å². The molecule has 0 radical (unpaired) electrons. The molecule has 1 amide bonds. The monoisotopic (exact) mass is 206 g/mol. The number of carbonyl (C=O) groups excluding carboxylic acids is 1. The number of amides is 1. The summed E-state index contributed by atoms with van der Waals surface area (Å²) in [4.78, 5) is 9.98. The van der Waals surface area contributed by atoms with Gasteiger partial charge in [0.15, 0.2) is 0 Å². The van der Waals surface area contributed by atoms with Gasteiger partial charge in [-0.2, -0.15) is 8.42 Å². The number of hydrogen-bond donors (Lipinski definition) is 2. The van der Waals surface area contributed by atoms with Crippen molar-refractivity contribution in [1.29, 1.82) is 0 Å². The minimum Gasteiger partial charge on any atom is -1.00 e. The summed E-state index contributed by atoms with van der Waals surface area (Å²) in [6.45, 7) is 0.218. The Hall–Kier alpha value is 0.180. The van der Waals surface area contributed by atoms with E-state index in [0.717, 1.165) is 0 Å². The van der Waals surface area contributed by atoms with Gasteiger partial charge in [-0.15, -0.1) is 0 Å². The molecule has 0 atom stereocenters. The predicted molar refractivity (Wildman–Crippen MR) is 39.5 cm³/mol. The van der Waals surface area contributed by atoms with Gasteiger partial charge in [-0.3, -0.25) is 0 Å². The van der Waals surface area contributed by atoms with E-state index in [1.807, 2.05) is 0 Å². The second-order valence-electron chi connectivity index (χ2n) is 1.77. The van der Waals surface area contributed by atoms with Crippen molar-refractivity contribution in [3.05, 3.63) is 0 Å².